The number of aliphatic hydroxyl groups excluding tert-OH is 1. The van der Waals surface area contributed by atoms with Gasteiger partial charge in [-0.1, -0.05) is 44.2 Å². The smallest absolute Gasteiger partial charge is 0.263 e. The Balaban J connectivity index is 2.23. The topological polar surface area (TPSA) is 62.2 Å². The maximum Gasteiger partial charge on any atom is 0.263 e. The second kappa shape index (κ2) is 7.51. The van der Waals surface area contributed by atoms with Crippen molar-refractivity contribution in [3.05, 3.63) is 40.2 Å². The van der Waals surface area contributed by atoms with Crippen LogP contribution in [0.5, 0.6) is 0 Å². The molecule has 1 aromatic carbocycles. The van der Waals surface area contributed by atoms with Crippen LogP contribution in [0.1, 0.15) is 34.9 Å². The molecule has 0 aliphatic heterocycles. The molecule has 1 amide bonds. The van der Waals surface area contributed by atoms with Gasteiger partial charge in [-0.05, 0) is 19.3 Å². The van der Waals surface area contributed by atoms with Crippen LogP contribution in [0.4, 0.5) is 0 Å². The molecule has 0 saturated carbocycles. The number of aromatic nitrogens is 1. The molecule has 0 radical (unpaired) electrons. The van der Waals surface area contributed by atoms with Crippen LogP contribution in [-0.2, 0) is 0 Å². The number of aryl methyl sites for hydroxylation is 1. The van der Waals surface area contributed by atoms with Gasteiger partial charge >= 0.3 is 0 Å². The van der Waals surface area contributed by atoms with Crippen LogP contribution in [0.2, 0.25) is 0 Å². The Hall–Kier alpha value is -1.72. The van der Waals surface area contributed by atoms with Crippen molar-refractivity contribution in [2.75, 3.05) is 6.61 Å². The van der Waals surface area contributed by atoms with Crippen molar-refractivity contribution in [1.29, 1.82) is 0 Å². The van der Waals surface area contributed by atoms with Crippen molar-refractivity contribution in [3.63, 3.8) is 0 Å². The summed E-state index contributed by atoms with van der Waals surface area (Å²) >= 11 is 1.38. The van der Waals surface area contributed by atoms with Gasteiger partial charge < -0.3 is 10.4 Å². The summed E-state index contributed by atoms with van der Waals surface area (Å²) in [4.78, 5) is 17.6. The average molecular weight is 318 g/mol. The number of nitrogens with one attached hydrogen (secondary N) is 1. The number of rotatable bonds is 6. The Morgan fingerprint density at radius 1 is 1.32 bits per heavy atom. The van der Waals surface area contributed by atoms with Crippen LogP contribution in [-0.4, -0.2) is 28.6 Å². The molecule has 118 valence electrons. The van der Waals surface area contributed by atoms with Crippen molar-refractivity contribution < 1.29 is 9.90 Å². The van der Waals surface area contributed by atoms with E-state index >= 15 is 0 Å². The van der Waals surface area contributed by atoms with Crippen molar-refractivity contribution in [2.24, 2.45) is 5.92 Å². The normalized spacial score (nSPS) is 12.4. The van der Waals surface area contributed by atoms with E-state index in [-0.39, 0.29) is 18.6 Å². The number of nitrogens with zero attached hydrogens (tertiary/aromatic N) is 1. The molecule has 4 nitrogen and oxygen atoms in total. The number of carbonyl (C=O) groups is 1. The van der Waals surface area contributed by atoms with E-state index in [9.17, 15) is 9.90 Å². The van der Waals surface area contributed by atoms with Gasteiger partial charge in [0.2, 0.25) is 0 Å². The summed E-state index contributed by atoms with van der Waals surface area (Å²) in [6, 6.07) is 9.47. The van der Waals surface area contributed by atoms with E-state index in [1.165, 1.54) is 11.3 Å². The van der Waals surface area contributed by atoms with Gasteiger partial charge in [0.25, 0.3) is 5.91 Å². The Labute approximate surface area is 135 Å². The highest BCUT2D eigenvalue weighted by molar-refractivity contribution is 7.14. The molecular formula is C17H22N2O2S. The molecule has 2 aromatic rings. The zero-order valence-electron chi connectivity index (χ0n) is 13.2. The molecule has 0 spiro atoms. The van der Waals surface area contributed by atoms with E-state index in [2.05, 4.69) is 24.1 Å². The summed E-state index contributed by atoms with van der Waals surface area (Å²) < 4.78 is 0. The molecule has 1 heterocycles. The average Bonchev–Trinajstić information content (AvgIpc) is 2.89. The molecule has 2 N–H and O–H groups in total. The molecule has 0 aliphatic carbocycles. The molecular weight excluding hydrogens is 296 g/mol. The van der Waals surface area contributed by atoms with E-state index in [0.29, 0.717) is 16.5 Å². The molecule has 0 fully saturated rings. The van der Waals surface area contributed by atoms with E-state index in [4.69, 9.17) is 0 Å². The maximum absolute atomic E-state index is 12.6. The quantitative estimate of drug-likeness (QED) is 0.859. The van der Waals surface area contributed by atoms with Gasteiger partial charge in [-0.3, -0.25) is 4.79 Å². The minimum Gasteiger partial charge on any atom is -0.394 e. The number of carbonyl (C=O) groups excluding carboxylic acids is 1. The molecule has 1 aromatic heterocycles. The van der Waals surface area contributed by atoms with Gasteiger partial charge in [-0.25, -0.2) is 4.98 Å². The van der Waals surface area contributed by atoms with Crippen LogP contribution in [0, 0.1) is 12.8 Å². The number of hydrogen-bond acceptors (Lipinski definition) is 4. The highest BCUT2D eigenvalue weighted by atomic mass is 32.1. The van der Waals surface area contributed by atoms with Gasteiger partial charge in [0.05, 0.1) is 23.4 Å². The summed E-state index contributed by atoms with van der Waals surface area (Å²) in [6.45, 7) is 5.98. The van der Waals surface area contributed by atoms with Crippen LogP contribution in [0.3, 0.4) is 0 Å². The third-order valence-corrected chi connectivity index (χ3v) is 4.27. The highest BCUT2D eigenvalue weighted by Crippen LogP contribution is 2.28. The molecule has 0 bridgehead atoms. The Morgan fingerprint density at radius 2 is 2.00 bits per heavy atom. The van der Waals surface area contributed by atoms with Crippen LogP contribution in [0.25, 0.3) is 11.3 Å². The summed E-state index contributed by atoms with van der Waals surface area (Å²) in [5.41, 5.74) is 1.64. The zero-order chi connectivity index (χ0) is 16.1. The van der Waals surface area contributed by atoms with Crippen LogP contribution >= 0.6 is 11.3 Å². The maximum atomic E-state index is 12.6. The predicted octanol–water partition coefficient (Wildman–Crippen LogP) is 3.26. The van der Waals surface area contributed by atoms with Gasteiger partial charge in [0, 0.05) is 5.56 Å². The number of thiazole rings is 1. The van der Waals surface area contributed by atoms with E-state index in [0.717, 1.165) is 17.0 Å². The summed E-state index contributed by atoms with van der Waals surface area (Å²) in [5.74, 6) is 0.249. The van der Waals surface area contributed by atoms with Gasteiger partial charge in [0.1, 0.15) is 4.88 Å². The molecule has 0 saturated heterocycles. The van der Waals surface area contributed by atoms with Crippen molar-refractivity contribution in [3.8, 4) is 11.3 Å². The highest BCUT2D eigenvalue weighted by Gasteiger charge is 2.21. The lowest BCUT2D eigenvalue weighted by molar-refractivity contribution is 0.0913. The first-order chi connectivity index (χ1) is 10.5. The number of benzene rings is 1. The molecule has 0 aliphatic rings. The van der Waals surface area contributed by atoms with E-state index in [1.807, 2.05) is 37.3 Å². The minimum atomic E-state index is -0.224. The van der Waals surface area contributed by atoms with E-state index < -0.39 is 0 Å². The summed E-state index contributed by atoms with van der Waals surface area (Å²) in [5, 5.41) is 13.2. The van der Waals surface area contributed by atoms with Crippen molar-refractivity contribution in [2.45, 2.75) is 33.2 Å². The van der Waals surface area contributed by atoms with Crippen LogP contribution < -0.4 is 5.32 Å². The van der Waals surface area contributed by atoms with Gasteiger partial charge in [0.15, 0.2) is 0 Å². The lowest BCUT2D eigenvalue weighted by Gasteiger charge is -2.18. The van der Waals surface area contributed by atoms with Gasteiger partial charge in [-0.15, -0.1) is 11.3 Å². The fourth-order valence-electron chi connectivity index (χ4n) is 2.37. The summed E-state index contributed by atoms with van der Waals surface area (Å²) in [7, 11) is 0. The molecule has 22 heavy (non-hydrogen) atoms. The first kappa shape index (κ1) is 16.6. The van der Waals surface area contributed by atoms with Crippen molar-refractivity contribution >= 4 is 17.2 Å². The third kappa shape index (κ3) is 4.15. The van der Waals surface area contributed by atoms with Crippen molar-refractivity contribution in [1.82, 2.24) is 10.3 Å². The van der Waals surface area contributed by atoms with Gasteiger partial charge in [-0.2, -0.15) is 0 Å². The zero-order valence-corrected chi connectivity index (χ0v) is 14.0. The Bertz CT molecular complexity index is 623. The number of aliphatic hydroxyl groups is 1. The SMILES string of the molecule is Cc1nc(-c2ccccc2)c(C(=O)N[C@H](CO)CC(C)C)s1. The fourth-order valence-corrected chi connectivity index (χ4v) is 3.22. The Kier molecular flexibility index (Phi) is 5.69. The largest absolute Gasteiger partial charge is 0.394 e. The number of hydrogen-bond donors (Lipinski definition) is 2. The molecule has 0 unspecified atom stereocenters. The fraction of sp³-hybridized carbons (Fsp3) is 0.412. The summed E-state index contributed by atoms with van der Waals surface area (Å²) in [6.07, 6.45) is 0.751. The predicted molar refractivity (Wildman–Crippen MR) is 90.1 cm³/mol. The Morgan fingerprint density at radius 3 is 2.59 bits per heavy atom. The third-order valence-electron chi connectivity index (χ3n) is 3.30. The lowest BCUT2D eigenvalue weighted by atomic mass is 10.0. The molecule has 1 atom stereocenters. The minimum absolute atomic E-state index is 0.0532. The number of amides is 1. The standard InChI is InChI=1S/C17H22N2O2S/c1-11(2)9-14(10-20)19-17(21)16-15(18-12(3)22-16)13-7-5-4-6-8-13/h4-8,11,14,20H,9-10H2,1-3H3,(H,19,21)/t14-/m0/s1. The first-order valence-corrected chi connectivity index (χ1v) is 8.27. The van der Waals surface area contributed by atoms with Crippen LogP contribution in [0.15, 0.2) is 30.3 Å². The molecule has 2 rings (SSSR count). The lowest BCUT2D eigenvalue weighted by Crippen LogP contribution is -2.38. The second-order valence-electron chi connectivity index (χ2n) is 5.76. The molecule has 5 heteroatoms. The van der Waals surface area contributed by atoms with E-state index in [1.54, 1.807) is 0 Å². The monoisotopic (exact) mass is 318 g/mol. The second-order valence-corrected chi connectivity index (χ2v) is 6.96. The first-order valence-electron chi connectivity index (χ1n) is 7.45.